The Morgan fingerprint density at radius 2 is 2.13 bits per heavy atom. The van der Waals surface area contributed by atoms with E-state index in [1.54, 1.807) is 6.20 Å². The average Bonchev–Trinajstić information content (AvgIpc) is 2.18. The van der Waals surface area contributed by atoms with Gasteiger partial charge in [0.2, 0.25) is 5.88 Å². The summed E-state index contributed by atoms with van der Waals surface area (Å²) in [6.07, 6.45) is 3.89. The Balaban J connectivity index is 2.06. The molecule has 1 aromatic heterocycles. The first-order valence-electron chi connectivity index (χ1n) is 5.50. The zero-order valence-corrected chi connectivity index (χ0v) is 9.42. The number of pyridine rings is 1. The molecule has 0 saturated carbocycles. The first-order valence-corrected chi connectivity index (χ1v) is 5.50. The molecule has 15 heavy (non-hydrogen) atoms. The molecular formula is C12H18N2O. The lowest BCUT2D eigenvalue weighted by atomic mass is 9.95. The van der Waals surface area contributed by atoms with Crippen molar-refractivity contribution in [1.29, 1.82) is 0 Å². The van der Waals surface area contributed by atoms with Gasteiger partial charge in [0.25, 0.3) is 0 Å². The third-order valence-electron chi connectivity index (χ3n) is 2.90. The molecule has 0 aliphatic carbocycles. The van der Waals surface area contributed by atoms with E-state index in [1.807, 2.05) is 12.1 Å². The molecule has 3 nitrogen and oxygen atoms in total. The monoisotopic (exact) mass is 206 g/mol. The van der Waals surface area contributed by atoms with Crippen LogP contribution in [0.4, 0.5) is 0 Å². The lowest BCUT2D eigenvalue weighted by molar-refractivity contribution is 0.0508. The summed E-state index contributed by atoms with van der Waals surface area (Å²) in [5.41, 5.74) is 1.14. The molecule has 1 saturated heterocycles. The lowest BCUT2D eigenvalue weighted by Crippen LogP contribution is -2.44. The molecule has 0 unspecified atom stereocenters. The van der Waals surface area contributed by atoms with Crippen LogP contribution in [0, 0.1) is 6.92 Å². The van der Waals surface area contributed by atoms with Gasteiger partial charge >= 0.3 is 0 Å². The van der Waals surface area contributed by atoms with Crippen molar-refractivity contribution in [3.8, 4) is 5.88 Å². The van der Waals surface area contributed by atoms with Gasteiger partial charge in [-0.3, -0.25) is 0 Å². The van der Waals surface area contributed by atoms with E-state index in [0.717, 1.165) is 31.8 Å². The van der Waals surface area contributed by atoms with Crippen LogP contribution in [0.1, 0.15) is 25.3 Å². The largest absolute Gasteiger partial charge is 0.471 e. The van der Waals surface area contributed by atoms with E-state index in [2.05, 4.69) is 24.1 Å². The second kappa shape index (κ2) is 4.19. The van der Waals surface area contributed by atoms with Gasteiger partial charge in [0.1, 0.15) is 5.60 Å². The molecule has 1 aliphatic rings. The number of nitrogens with one attached hydrogen (secondary N) is 1. The van der Waals surface area contributed by atoms with E-state index in [0.29, 0.717) is 0 Å². The molecule has 0 radical (unpaired) electrons. The predicted octanol–water partition coefficient (Wildman–Crippen LogP) is 1.91. The molecular weight excluding hydrogens is 188 g/mol. The summed E-state index contributed by atoms with van der Waals surface area (Å²) in [7, 11) is 0. The third kappa shape index (κ3) is 2.69. The maximum Gasteiger partial charge on any atom is 0.213 e. The molecule has 82 valence electrons. The molecule has 0 atom stereocenters. The third-order valence-corrected chi connectivity index (χ3v) is 2.90. The number of rotatable bonds is 2. The molecule has 0 spiro atoms. The Morgan fingerprint density at radius 1 is 1.40 bits per heavy atom. The molecule has 1 fully saturated rings. The molecule has 2 rings (SSSR count). The summed E-state index contributed by atoms with van der Waals surface area (Å²) in [5, 5.41) is 3.34. The van der Waals surface area contributed by atoms with Gasteiger partial charge in [-0.05, 0) is 51.4 Å². The van der Waals surface area contributed by atoms with Crippen molar-refractivity contribution in [3.05, 3.63) is 23.9 Å². The maximum atomic E-state index is 5.97. The molecule has 0 amide bonds. The van der Waals surface area contributed by atoms with Crippen LogP contribution in [0.3, 0.4) is 0 Å². The Morgan fingerprint density at radius 3 is 2.80 bits per heavy atom. The summed E-state index contributed by atoms with van der Waals surface area (Å²) in [6.45, 7) is 6.28. The standard InChI is InChI=1S/C12H18N2O/c1-10-3-6-14-11(9-10)15-12(2)4-7-13-8-5-12/h3,6,9,13H,4-5,7-8H2,1-2H3. The number of hydrogen-bond donors (Lipinski definition) is 1. The van der Waals surface area contributed by atoms with Gasteiger partial charge in [-0.25, -0.2) is 4.98 Å². The molecule has 0 aromatic carbocycles. The molecule has 1 aliphatic heterocycles. The highest BCUT2D eigenvalue weighted by Crippen LogP contribution is 2.24. The van der Waals surface area contributed by atoms with E-state index in [9.17, 15) is 0 Å². The number of hydrogen-bond acceptors (Lipinski definition) is 3. The van der Waals surface area contributed by atoms with E-state index >= 15 is 0 Å². The topological polar surface area (TPSA) is 34.1 Å². The van der Waals surface area contributed by atoms with Crippen LogP contribution < -0.4 is 10.1 Å². The Labute approximate surface area is 90.9 Å². The molecule has 1 aromatic rings. The number of aromatic nitrogens is 1. The molecule has 2 heterocycles. The second-order valence-electron chi connectivity index (χ2n) is 4.47. The average molecular weight is 206 g/mol. The van der Waals surface area contributed by atoms with E-state index in [1.165, 1.54) is 5.56 Å². The zero-order valence-electron chi connectivity index (χ0n) is 9.42. The summed E-state index contributed by atoms with van der Waals surface area (Å²) < 4.78 is 5.97. The summed E-state index contributed by atoms with van der Waals surface area (Å²) in [6, 6.07) is 3.98. The fraction of sp³-hybridized carbons (Fsp3) is 0.583. The molecule has 0 bridgehead atoms. The normalized spacial score (nSPS) is 19.9. The van der Waals surface area contributed by atoms with E-state index in [-0.39, 0.29) is 5.60 Å². The number of aryl methyl sites for hydroxylation is 1. The van der Waals surface area contributed by atoms with Gasteiger partial charge in [-0.2, -0.15) is 0 Å². The van der Waals surface area contributed by atoms with Crippen LogP contribution in [-0.2, 0) is 0 Å². The summed E-state index contributed by atoms with van der Waals surface area (Å²) in [4.78, 5) is 4.24. The van der Waals surface area contributed by atoms with E-state index in [4.69, 9.17) is 4.74 Å². The van der Waals surface area contributed by atoms with Crippen LogP contribution in [-0.4, -0.2) is 23.7 Å². The van der Waals surface area contributed by atoms with Crippen molar-refractivity contribution in [2.45, 2.75) is 32.3 Å². The van der Waals surface area contributed by atoms with Crippen LogP contribution in [0.25, 0.3) is 0 Å². The van der Waals surface area contributed by atoms with Crippen molar-refractivity contribution >= 4 is 0 Å². The van der Waals surface area contributed by atoms with Crippen molar-refractivity contribution in [3.63, 3.8) is 0 Å². The predicted molar refractivity (Wildman–Crippen MR) is 60.1 cm³/mol. The van der Waals surface area contributed by atoms with Crippen molar-refractivity contribution in [2.75, 3.05) is 13.1 Å². The summed E-state index contributed by atoms with van der Waals surface area (Å²) in [5.74, 6) is 0.749. The highest BCUT2D eigenvalue weighted by molar-refractivity contribution is 5.19. The highest BCUT2D eigenvalue weighted by atomic mass is 16.5. The van der Waals surface area contributed by atoms with Gasteiger partial charge in [-0.15, -0.1) is 0 Å². The van der Waals surface area contributed by atoms with Crippen LogP contribution in [0.2, 0.25) is 0 Å². The Kier molecular flexibility index (Phi) is 2.91. The quantitative estimate of drug-likeness (QED) is 0.802. The second-order valence-corrected chi connectivity index (χ2v) is 4.47. The van der Waals surface area contributed by atoms with Crippen molar-refractivity contribution in [2.24, 2.45) is 0 Å². The number of piperidine rings is 1. The number of nitrogens with zero attached hydrogens (tertiary/aromatic N) is 1. The van der Waals surface area contributed by atoms with Gasteiger partial charge in [0, 0.05) is 12.3 Å². The fourth-order valence-electron chi connectivity index (χ4n) is 1.87. The Bertz CT molecular complexity index is 332. The first-order chi connectivity index (χ1) is 7.18. The molecule has 1 N–H and O–H groups in total. The summed E-state index contributed by atoms with van der Waals surface area (Å²) >= 11 is 0. The van der Waals surface area contributed by atoms with Gasteiger partial charge in [0.05, 0.1) is 0 Å². The van der Waals surface area contributed by atoms with Crippen molar-refractivity contribution < 1.29 is 4.74 Å². The Hall–Kier alpha value is -1.09. The van der Waals surface area contributed by atoms with Gasteiger partial charge in [-0.1, -0.05) is 0 Å². The van der Waals surface area contributed by atoms with Crippen LogP contribution >= 0.6 is 0 Å². The smallest absolute Gasteiger partial charge is 0.213 e. The highest BCUT2D eigenvalue weighted by Gasteiger charge is 2.28. The van der Waals surface area contributed by atoms with Crippen LogP contribution in [0.15, 0.2) is 18.3 Å². The van der Waals surface area contributed by atoms with Gasteiger partial charge in [0.15, 0.2) is 0 Å². The SMILES string of the molecule is Cc1ccnc(OC2(C)CCNCC2)c1. The minimum atomic E-state index is -0.0496. The first kappa shape index (κ1) is 10.4. The molecule has 3 heteroatoms. The number of ether oxygens (including phenoxy) is 1. The zero-order chi connectivity index (χ0) is 10.7. The van der Waals surface area contributed by atoms with Crippen LogP contribution in [0.5, 0.6) is 5.88 Å². The maximum absolute atomic E-state index is 5.97. The minimum Gasteiger partial charge on any atom is -0.471 e. The fourth-order valence-corrected chi connectivity index (χ4v) is 1.87. The van der Waals surface area contributed by atoms with Gasteiger partial charge < -0.3 is 10.1 Å². The lowest BCUT2D eigenvalue weighted by Gasteiger charge is -2.34. The minimum absolute atomic E-state index is 0.0496. The van der Waals surface area contributed by atoms with E-state index < -0.39 is 0 Å². The van der Waals surface area contributed by atoms with Crippen molar-refractivity contribution in [1.82, 2.24) is 10.3 Å².